The fraction of sp³-hybridized carbons (Fsp3) is 0.750. The first-order valence-electron chi connectivity index (χ1n) is 4.28. The molecule has 0 unspecified atom stereocenters. The SMILES string of the molecule is CC[C@H](NC(=O)CCNC)C(=O)O. The zero-order chi connectivity index (χ0) is 10.3. The van der Waals surface area contributed by atoms with Crippen LogP contribution < -0.4 is 10.6 Å². The monoisotopic (exact) mass is 188 g/mol. The average Bonchev–Trinajstić information content (AvgIpc) is 2.10. The molecular weight excluding hydrogens is 172 g/mol. The predicted molar refractivity (Wildman–Crippen MR) is 48.4 cm³/mol. The highest BCUT2D eigenvalue weighted by molar-refractivity contribution is 5.83. The van der Waals surface area contributed by atoms with Crippen LogP contribution in [0.5, 0.6) is 0 Å². The second-order valence-corrected chi connectivity index (χ2v) is 2.72. The van der Waals surface area contributed by atoms with E-state index in [1.165, 1.54) is 0 Å². The van der Waals surface area contributed by atoms with Gasteiger partial charge in [-0.15, -0.1) is 0 Å². The van der Waals surface area contributed by atoms with Gasteiger partial charge in [0.2, 0.25) is 5.91 Å². The number of hydrogen-bond donors (Lipinski definition) is 3. The van der Waals surface area contributed by atoms with Crippen LogP contribution in [-0.4, -0.2) is 36.6 Å². The number of carbonyl (C=O) groups is 2. The Balaban J connectivity index is 3.80. The van der Waals surface area contributed by atoms with Gasteiger partial charge in [-0.1, -0.05) is 6.92 Å². The van der Waals surface area contributed by atoms with Crippen molar-refractivity contribution in [2.24, 2.45) is 0 Å². The van der Waals surface area contributed by atoms with Crippen molar-refractivity contribution < 1.29 is 14.7 Å². The third-order valence-corrected chi connectivity index (χ3v) is 1.64. The highest BCUT2D eigenvalue weighted by atomic mass is 16.4. The second kappa shape index (κ2) is 6.42. The van der Waals surface area contributed by atoms with E-state index in [1.54, 1.807) is 14.0 Å². The summed E-state index contributed by atoms with van der Waals surface area (Å²) in [7, 11) is 1.74. The molecule has 0 aromatic heterocycles. The minimum Gasteiger partial charge on any atom is -0.480 e. The van der Waals surface area contributed by atoms with E-state index in [2.05, 4.69) is 10.6 Å². The zero-order valence-electron chi connectivity index (χ0n) is 7.96. The summed E-state index contributed by atoms with van der Waals surface area (Å²) in [5.74, 6) is -1.22. The fourth-order valence-electron chi connectivity index (χ4n) is 0.843. The Labute approximate surface area is 77.5 Å². The van der Waals surface area contributed by atoms with Crippen molar-refractivity contribution in [3.05, 3.63) is 0 Å². The van der Waals surface area contributed by atoms with E-state index in [9.17, 15) is 9.59 Å². The second-order valence-electron chi connectivity index (χ2n) is 2.72. The summed E-state index contributed by atoms with van der Waals surface area (Å²) in [6, 6.07) is -0.760. The van der Waals surface area contributed by atoms with Crippen LogP contribution in [0.2, 0.25) is 0 Å². The van der Waals surface area contributed by atoms with Gasteiger partial charge in [0.1, 0.15) is 6.04 Å². The Hall–Kier alpha value is -1.10. The number of carboxylic acids is 1. The number of amides is 1. The van der Waals surface area contributed by atoms with Gasteiger partial charge in [0, 0.05) is 13.0 Å². The number of carbonyl (C=O) groups excluding carboxylic acids is 1. The van der Waals surface area contributed by atoms with Gasteiger partial charge in [0.05, 0.1) is 0 Å². The van der Waals surface area contributed by atoms with Crippen molar-refractivity contribution in [2.45, 2.75) is 25.8 Å². The van der Waals surface area contributed by atoms with Crippen LogP contribution in [-0.2, 0) is 9.59 Å². The lowest BCUT2D eigenvalue weighted by molar-refractivity contribution is -0.141. The van der Waals surface area contributed by atoms with E-state index in [-0.39, 0.29) is 5.91 Å². The molecule has 3 N–H and O–H groups in total. The lowest BCUT2D eigenvalue weighted by Crippen LogP contribution is -2.40. The minimum atomic E-state index is -0.986. The standard InChI is InChI=1S/C8H16N2O3/c1-3-6(8(12)13)10-7(11)4-5-9-2/h6,9H,3-5H2,1-2H3,(H,10,11)(H,12,13)/t6-/m0/s1. The highest BCUT2D eigenvalue weighted by Gasteiger charge is 2.16. The maximum atomic E-state index is 11.1. The average molecular weight is 188 g/mol. The largest absolute Gasteiger partial charge is 0.480 e. The molecule has 0 fully saturated rings. The predicted octanol–water partition coefficient (Wildman–Crippen LogP) is -0.425. The number of nitrogens with one attached hydrogen (secondary N) is 2. The summed E-state index contributed by atoms with van der Waals surface area (Å²) >= 11 is 0. The minimum absolute atomic E-state index is 0.233. The van der Waals surface area contributed by atoms with Crippen LogP contribution >= 0.6 is 0 Å². The molecule has 5 nitrogen and oxygen atoms in total. The van der Waals surface area contributed by atoms with Crippen molar-refractivity contribution >= 4 is 11.9 Å². The van der Waals surface area contributed by atoms with Crippen LogP contribution in [0.4, 0.5) is 0 Å². The molecule has 76 valence electrons. The normalized spacial score (nSPS) is 12.2. The molecule has 0 aromatic carbocycles. The molecule has 1 atom stereocenters. The quantitative estimate of drug-likeness (QED) is 0.529. The molecule has 0 aliphatic heterocycles. The smallest absolute Gasteiger partial charge is 0.326 e. The Morgan fingerprint density at radius 1 is 1.46 bits per heavy atom. The first-order chi connectivity index (χ1) is 6.11. The van der Waals surface area contributed by atoms with Gasteiger partial charge in [0.25, 0.3) is 0 Å². The summed E-state index contributed by atoms with van der Waals surface area (Å²) in [5.41, 5.74) is 0. The Bertz CT molecular complexity index is 182. The van der Waals surface area contributed by atoms with Crippen LogP contribution in [0.3, 0.4) is 0 Å². The molecule has 0 radical (unpaired) electrons. The molecule has 0 aliphatic carbocycles. The van der Waals surface area contributed by atoms with E-state index in [1.807, 2.05) is 0 Å². The van der Waals surface area contributed by atoms with Gasteiger partial charge in [-0.25, -0.2) is 4.79 Å². The van der Waals surface area contributed by atoms with Crippen molar-refractivity contribution in [3.8, 4) is 0 Å². The molecule has 13 heavy (non-hydrogen) atoms. The van der Waals surface area contributed by atoms with Gasteiger partial charge in [0.15, 0.2) is 0 Å². The van der Waals surface area contributed by atoms with Crippen molar-refractivity contribution in [2.75, 3.05) is 13.6 Å². The molecule has 0 aliphatic rings. The van der Waals surface area contributed by atoms with Crippen LogP contribution in [0.1, 0.15) is 19.8 Å². The van der Waals surface area contributed by atoms with Gasteiger partial charge >= 0.3 is 5.97 Å². The zero-order valence-corrected chi connectivity index (χ0v) is 7.96. The number of rotatable bonds is 6. The molecular formula is C8H16N2O3. The molecule has 0 bridgehead atoms. The van der Waals surface area contributed by atoms with Crippen LogP contribution in [0.15, 0.2) is 0 Å². The molecule has 0 spiro atoms. The first-order valence-corrected chi connectivity index (χ1v) is 4.28. The maximum Gasteiger partial charge on any atom is 0.326 e. The fourth-order valence-corrected chi connectivity index (χ4v) is 0.843. The van der Waals surface area contributed by atoms with Crippen molar-refractivity contribution in [3.63, 3.8) is 0 Å². The molecule has 0 aromatic rings. The van der Waals surface area contributed by atoms with Crippen LogP contribution in [0.25, 0.3) is 0 Å². The van der Waals surface area contributed by atoms with Gasteiger partial charge < -0.3 is 15.7 Å². The Kier molecular flexibility index (Phi) is 5.88. The molecule has 5 heteroatoms. The van der Waals surface area contributed by atoms with E-state index in [0.717, 1.165) is 0 Å². The van der Waals surface area contributed by atoms with Crippen molar-refractivity contribution in [1.29, 1.82) is 0 Å². The topological polar surface area (TPSA) is 78.4 Å². The van der Waals surface area contributed by atoms with Gasteiger partial charge in [-0.2, -0.15) is 0 Å². The third-order valence-electron chi connectivity index (χ3n) is 1.64. The molecule has 0 rings (SSSR count). The Morgan fingerprint density at radius 3 is 2.46 bits per heavy atom. The van der Waals surface area contributed by atoms with Gasteiger partial charge in [-0.3, -0.25) is 4.79 Å². The first kappa shape index (κ1) is 11.9. The summed E-state index contributed by atoms with van der Waals surface area (Å²) in [5, 5.41) is 13.9. The van der Waals surface area contributed by atoms with Crippen LogP contribution in [0, 0.1) is 0 Å². The van der Waals surface area contributed by atoms with Crippen molar-refractivity contribution in [1.82, 2.24) is 10.6 Å². The summed E-state index contributed by atoms with van der Waals surface area (Å²) in [6.45, 7) is 2.28. The Morgan fingerprint density at radius 2 is 2.08 bits per heavy atom. The number of aliphatic carboxylic acids is 1. The van der Waals surface area contributed by atoms with E-state index in [4.69, 9.17) is 5.11 Å². The summed E-state index contributed by atoms with van der Waals surface area (Å²) < 4.78 is 0. The third kappa shape index (κ3) is 5.19. The van der Waals surface area contributed by atoms with Gasteiger partial charge in [-0.05, 0) is 13.5 Å². The van der Waals surface area contributed by atoms with E-state index in [0.29, 0.717) is 19.4 Å². The maximum absolute atomic E-state index is 11.1. The number of hydrogen-bond acceptors (Lipinski definition) is 3. The highest BCUT2D eigenvalue weighted by Crippen LogP contribution is 1.91. The summed E-state index contributed by atoms with van der Waals surface area (Å²) in [6.07, 6.45) is 0.709. The lowest BCUT2D eigenvalue weighted by atomic mass is 10.2. The molecule has 0 heterocycles. The van der Waals surface area contributed by atoms with E-state index < -0.39 is 12.0 Å². The molecule has 0 saturated heterocycles. The number of carboxylic acid groups (broad SMARTS) is 1. The molecule has 0 saturated carbocycles. The van der Waals surface area contributed by atoms with E-state index >= 15 is 0 Å². The lowest BCUT2D eigenvalue weighted by Gasteiger charge is -2.11. The molecule has 1 amide bonds. The summed E-state index contributed by atoms with van der Waals surface area (Å²) in [4.78, 5) is 21.6.